The molecule has 1 N–H and O–H groups in total. The zero-order valence-corrected chi connectivity index (χ0v) is 20.0. The third kappa shape index (κ3) is 5.62. The number of benzene rings is 3. The van der Waals surface area contributed by atoms with Crippen molar-refractivity contribution in [2.24, 2.45) is 0 Å². The molecular weight excluding hydrogens is 466 g/mol. The van der Waals surface area contributed by atoms with Gasteiger partial charge in [0.15, 0.2) is 6.10 Å². The molecule has 0 aliphatic heterocycles. The average Bonchev–Trinajstić information content (AvgIpc) is 2.94. The van der Waals surface area contributed by atoms with Crippen LogP contribution in [0.5, 0.6) is 11.5 Å². The molecule has 7 nitrogen and oxygen atoms in total. The van der Waals surface area contributed by atoms with Crippen LogP contribution in [0.3, 0.4) is 0 Å². The number of nitrogens with zero attached hydrogens (tertiary/aromatic N) is 2. The van der Waals surface area contributed by atoms with Gasteiger partial charge in [-0.15, -0.1) is 0 Å². The molecule has 0 spiro atoms. The summed E-state index contributed by atoms with van der Waals surface area (Å²) in [7, 11) is 0. The van der Waals surface area contributed by atoms with Crippen molar-refractivity contribution in [2.45, 2.75) is 13.0 Å². The van der Waals surface area contributed by atoms with E-state index in [1.54, 1.807) is 48.8 Å². The molecular formula is C30H23N3O4. The fraction of sp³-hybridized carbons (Fsp3) is 0.0667. The van der Waals surface area contributed by atoms with Crippen LogP contribution in [0.4, 0.5) is 5.69 Å². The van der Waals surface area contributed by atoms with Gasteiger partial charge in [0.1, 0.15) is 11.5 Å². The van der Waals surface area contributed by atoms with E-state index in [-0.39, 0.29) is 0 Å². The van der Waals surface area contributed by atoms with E-state index in [1.807, 2.05) is 60.7 Å². The smallest absolute Gasteiger partial charge is 0.339 e. The Balaban J connectivity index is 1.28. The first-order valence-electron chi connectivity index (χ1n) is 11.7. The van der Waals surface area contributed by atoms with E-state index in [0.717, 1.165) is 11.3 Å². The van der Waals surface area contributed by atoms with Crippen LogP contribution in [-0.4, -0.2) is 27.9 Å². The number of carbonyl (C=O) groups is 2. The van der Waals surface area contributed by atoms with Crippen LogP contribution in [0.15, 0.2) is 109 Å². The summed E-state index contributed by atoms with van der Waals surface area (Å²) in [5, 5.41) is 3.42. The van der Waals surface area contributed by atoms with Gasteiger partial charge in [-0.05, 0) is 67.6 Å². The zero-order valence-electron chi connectivity index (χ0n) is 20.0. The molecule has 7 heteroatoms. The molecule has 5 aromatic rings. The third-order valence-corrected chi connectivity index (χ3v) is 5.67. The summed E-state index contributed by atoms with van der Waals surface area (Å²) in [6.07, 6.45) is 2.30. The number of hydrogen-bond acceptors (Lipinski definition) is 6. The number of hydrogen-bond donors (Lipinski definition) is 1. The highest BCUT2D eigenvalue weighted by molar-refractivity contribution is 6.06. The lowest BCUT2D eigenvalue weighted by atomic mass is 10.0. The van der Waals surface area contributed by atoms with Crippen molar-refractivity contribution in [3.05, 3.63) is 115 Å². The van der Waals surface area contributed by atoms with Crippen molar-refractivity contribution in [3.8, 4) is 22.8 Å². The van der Waals surface area contributed by atoms with Crippen LogP contribution in [0.25, 0.3) is 22.2 Å². The topological polar surface area (TPSA) is 90.4 Å². The van der Waals surface area contributed by atoms with Crippen molar-refractivity contribution in [1.82, 2.24) is 9.97 Å². The Hall–Kier alpha value is -5.04. The van der Waals surface area contributed by atoms with E-state index < -0.39 is 18.0 Å². The van der Waals surface area contributed by atoms with Gasteiger partial charge < -0.3 is 14.8 Å². The van der Waals surface area contributed by atoms with Crippen molar-refractivity contribution in [3.63, 3.8) is 0 Å². The average molecular weight is 490 g/mol. The summed E-state index contributed by atoms with van der Waals surface area (Å²) >= 11 is 0. The van der Waals surface area contributed by atoms with Gasteiger partial charge in [0.2, 0.25) is 0 Å². The monoisotopic (exact) mass is 489 g/mol. The lowest BCUT2D eigenvalue weighted by Crippen LogP contribution is -2.30. The maximum Gasteiger partial charge on any atom is 0.339 e. The summed E-state index contributed by atoms with van der Waals surface area (Å²) in [5.41, 5.74) is 2.98. The zero-order chi connectivity index (χ0) is 25.6. The van der Waals surface area contributed by atoms with Gasteiger partial charge in [0.05, 0.1) is 16.8 Å². The molecule has 3 aromatic carbocycles. The van der Waals surface area contributed by atoms with Gasteiger partial charge in [-0.25, -0.2) is 9.78 Å². The first-order valence-corrected chi connectivity index (χ1v) is 11.7. The van der Waals surface area contributed by atoms with E-state index in [0.29, 0.717) is 33.6 Å². The van der Waals surface area contributed by atoms with Crippen LogP contribution < -0.4 is 10.1 Å². The van der Waals surface area contributed by atoms with Crippen LogP contribution in [0.1, 0.15) is 17.3 Å². The van der Waals surface area contributed by atoms with Gasteiger partial charge in [0, 0.05) is 29.0 Å². The Morgan fingerprint density at radius 1 is 0.811 bits per heavy atom. The van der Waals surface area contributed by atoms with Crippen molar-refractivity contribution >= 4 is 28.5 Å². The number of ether oxygens (including phenoxy) is 2. The molecule has 5 rings (SSSR count). The molecule has 1 atom stereocenters. The largest absolute Gasteiger partial charge is 0.457 e. The van der Waals surface area contributed by atoms with Gasteiger partial charge in [-0.2, -0.15) is 0 Å². The second-order valence-electron chi connectivity index (χ2n) is 8.28. The molecule has 0 aliphatic carbocycles. The summed E-state index contributed by atoms with van der Waals surface area (Å²) in [6, 6.07) is 29.0. The minimum Gasteiger partial charge on any atom is -0.457 e. The number of rotatable bonds is 7. The molecule has 0 bridgehead atoms. The van der Waals surface area contributed by atoms with E-state index >= 15 is 0 Å². The van der Waals surface area contributed by atoms with Gasteiger partial charge in [0.25, 0.3) is 5.91 Å². The number of nitrogens with one attached hydrogen (secondary N) is 1. The first-order chi connectivity index (χ1) is 18.1. The lowest BCUT2D eigenvalue weighted by Gasteiger charge is -2.15. The van der Waals surface area contributed by atoms with Crippen molar-refractivity contribution in [1.29, 1.82) is 0 Å². The van der Waals surface area contributed by atoms with Gasteiger partial charge in [-0.1, -0.05) is 36.4 Å². The normalized spacial score (nSPS) is 11.5. The number of aromatic nitrogens is 2. The van der Waals surface area contributed by atoms with Crippen molar-refractivity contribution in [2.75, 3.05) is 5.32 Å². The second kappa shape index (κ2) is 10.7. The Labute approximate surface area is 213 Å². The fourth-order valence-corrected chi connectivity index (χ4v) is 3.77. The van der Waals surface area contributed by atoms with Gasteiger partial charge >= 0.3 is 5.97 Å². The van der Waals surface area contributed by atoms with E-state index in [9.17, 15) is 9.59 Å². The highest BCUT2D eigenvalue weighted by Gasteiger charge is 2.22. The summed E-state index contributed by atoms with van der Waals surface area (Å²) in [6.45, 7) is 1.53. The number of para-hydroxylation sites is 2. The fourth-order valence-electron chi connectivity index (χ4n) is 3.77. The molecule has 0 fully saturated rings. The molecule has 182 valence electrons. The van der Waals surface area contributed by atoms with E-state index in [4.69, 9.17) is 9.47 Å². The number of anilines is 1. The number of fused-ring (bicyclic) bond motifs is 1. The van der Waals surface area contributed by atoms with Gasteiger partial charge in [-0.3, -0.25) is 9.78 Å². The van der Waals surface area contributed by atoms with E-state index in [2.05, 4.69) is 15.3 Å². The minimum atomic E-state index is -1.02. The van der Waals surface area contributed by atoms with E-state index in [1.165, 1.54) is 6.92 Å². The molecule has 1 amide bonds. The van der Waals surface area contributed by atoms with Crippen LogP contribution in [0, 0.1) is 0 Å². The molecule has 0 radical (unpaired) electrons. The highest BCUT2D eigenvalue weighted by Crippen LogP contribution is 2.26. The Bertz CT molecular complexity index is 1540. The number of amides is 1. The maximum atomic E-state index is 13.2. The quantitative estimate of drug-likeness (QED) is 0.271. The minimum absolute atomic E-state index is 0.333. The summed E-state index contributed by atoms with van der Waals surface area (Å²) in [4.78, 5) is 34.6. The molecule has 0 aliphatic rings. The predicted octanol–water partition coefficient (Wildman–Crippen LogP) is 6.27. The molecule has 0 saturated heterocycles. The molecule has 37 heavy (non-hydrogen) atoms. The second-order valence-corrected chi connectivity index (χ2v) is 8.28. The Morgan fingerprint density at radius 3 is 2.24 bits per heavy atom. The summed E-state index contributed by atoms with van der Waals surface area (Å²) in [5.74, 6) is 0.301. The molecule has 2 heterocycles. The number of esters is 1. The van der Waals surface area contributed by atoms with Crippen LogP contribution >= 0.6 is 0 Å². The standard InChI is InChI=1S/C30H23N3O4/c1-20(29(34)32-22-11-13-24(14-12-22)37-23-7-3-2-4-8-23)36-30(35)26-19-28(21-15-17-31-18-16-21)33-27-10-6-5-9-25(26)27/h2-20H,1H3,(H,32,34). The molecule has 1 unspecified atom stereocenters. The van der Waals surface area contributed by atoms with Crippen molar-refractivity contribution < 1.29 is 19.1 Å². The first kappa shape index (κ1) is 23.7. The Morgan fingerprint density at radius 2 is 1.49 bits per heavy atom. The predicted molar refractivity (Wildman–Crippen MR) is 141 cm³/mol. The lowest BCUT2D eigenvalue weighted by molar-refractivity contribution is -0.123. The molecule has 0 saturated carbocycles. The number of pyridine rings is 2. The third-order valence-electron chi connectivity index (χ3n) is 5.67. The maximum absolute atomic E-state index is 13.2. The van der Waals surface area contributed by atoms with Crippen LogP contribution in [-0.2, 0) is 9.53 Å². The highest BCUT2D eigenvalue weighted by atomic mass is 16.5. The Kier molecular flexibility index (Phi) is 6.85. The molecule has 2 aromatic heterocycles. The SMILES string of the molecule is CC(OC(=O)c1cc(-c2ccncc2)nc2ccccc12)C(=O)Nc1ccc(Oc2ccccc2)cc1. The number of carbonyl (C=O) groups excluding carboxylic acids is 2. The van der Waals surface area contributed by atoms with Crippen LogP contribution in [0.2, 0.25) is 0 Å². The summed E-state index contributed by atoms with van der Waals surface area (Å²) < 4.78 is 11.3.